The van der Waals surface area contributed by atoms with E-state index >= 15 is 0 Å². The zero-order valence-electron chi connectivity index (χ0n) is 15.7. The molecule has 3 nitrogen and oxygen atoms in total. The number of quaternary nitrogens is 1. The number of nitrogens with zero attached hydrogens (tertiary/aromatic N) is 1. The van der Waals surface area contributed by atoms with Crippen molar-refractivity contribution in [1.82, 2.24) is 0 Å². The van der Waals surface area contributed by atoms with E-state index < -0.39 is 6.10 Å². The van der Waals surface area contributed by atoms with Crippen molar-refractivity contribution < 1.29 is 14.7 Å². The van der Waals surface area contributed by atoms with E-state index in [1.54, 1.807) is 0 Å². The van der Waals surface area contributed by atoms with E-state index in [0.29, 0.717) is 12.6 Å². The molecule has 0 aromatic rings. The van der Waals surface area contributed by atoms with E-state index in [2.05, 4.69) is 27.8 Å². The molecule has 0 radical (unpaired) electrons. The Bertz CT molecular complexity index is 246. The molecule has 3 heteroatoms. The molecule has 0 saturated carbocycles. The van der Waals surface area contributed by atoms with Crippen LogP contribution in [0.25, 0.3) is 0 Å². The van der Waals surface area contributed by atoms with E-state index in [1.165, 1.54) is 64.2 Å². The Labute approximate surface area is 139 Å². The van der Waals surface area contributed by atoms with Crippen molar-refractivity contribution >= 4 is 0 Å². The lowest BCUT2D eigenvalue weighted by atomic mass is 10.1. The molecule has 0 spiro atoms. The maximum atomic E-state index is 9.74. The van der Waals surface area contributed by atoms with Crippen LogP contribution in [0, 0.1) is 0 Å². The molecule has 0 amide bonds. The fourth-order valence-electron chi connectivity index (χ4n) is 3.06. The van der Waals surface area contributed by atoms with Gasteiger partial charge in [-0.05, 0) is 26.7 Å². The van der Waals surface area contributed by atoms with Gasteiger partial charge >= 0.3 is 0 Å². The van der Waals surface area contributed by atoms with Crippen molar-refractivity contribution in [2.45, 2.75) is 97.1 Å². The van der Waals surface area contributed by atoms with E-state index in [0.717, 1.165) is 11.0 Å². The third-order valence-electron chi connectivity index (χ3n) is 5.11. The first kappa shape index (κ1) is 21.9. The Morgan fingerprint density at radius 3 is 1.68 bits per heavy atom. The van der Waals surface area contributed by atoms with Crippen LogP contribution in [0.1, 0.15) is 85.0 Å². The maximum Gasteiger partial charge on any atom is 0.126 e. The number of hydrogen-bond acceptors (Lipinski definition) is 2. The van der Waals surface area contributed by atoms with Crippen LogP contribution >= 0.6 is 0 Å². The van der Waals surface area contributed by atoms with Crippen LogP contribution in [0.3, 0.4) is 0 Å². The van der Waals surface area contributed by atoms with Crippen LogP contribution in [-0.2, 0) is 0 Å². The van der Waals surface area contributed by atoms with Crippen LogP contribution in [0.15, 0.2) is 0 Å². The van der Waals surface area contributed by atoms with Crippen LogP contribution in [-0.4, -0.2) is 53.6 Å². The molecule has 0 bridgehead atoms. The second kappa shape index (κ2) is 13.3. The van der Waals surface area contributed by atoms with Crippen LogP contribution < -0.4 is 0 Å². The highest BCUT2D eigenvalue weighted by molar-refractivity contribution is 4.56. The summed E-state index contributed by atoms with van der Waals surface area (Å²) >= 11 is 0. The Morgan fingerprint density at radius 2 is 1.27 bits per heavy atom. The highest BCUT2D eigenvalue weighted by atomic mass is 16.3. The fraction of sp³-hybridized carbons (Fsp3) is 1.00. The van der Waals surface area contributed by atoms with Gasteiger partial charge in [0.25, 0.3) is 0 Å². The van der Waals surface area contributed by atoms with Gasteiger partial charge in [0.15, 0.2) is 0 Å². The van der Waals surface area contributed by atoms with Gasteiger partial charge in [0, 0.05) is 0 Å². The first-order valence-corrected chi connectivity index (χ1v) is 9.59. The van der Waals surface area contributed by atoms with Crippen molar-refractivity contribution in [3.8, 4) is 0 Å². The summed E-state index contributed by atoms with van der Waals surface area (Å²) in [5.41, 5.74) is 0. The molecule has 22 heavy (non-hydrogen) atoms. The zero-order valence-corrected chi connectivity index (χ0v) is 15.7. The SMILES string of the molecule is CCCCCCCCCCCC[N+](C)(CC(O)CO)C(C)C. The fourth-order valence-corrected chi connectivity index (χ4v) is 3.06. The van der Waals surface area contributed by atoms with Crippen LogP contribution in [0.5, 0.6) is 0 Å². The summed E-state index contributed by atoms with van der Waals surface area (Å²) in [6.07, 6.45) is 13.0. The summed E-state index contributed by atoms with van der Waals surface area (Å²) in [5.74, 6) is 0. The summed E-state index contributed by atoms with van der Waals surface area (Å²) in [6, 6.07) is 0.486. The van der Waals surface area contributed by atoms with Gasteiger partial charge in [0.05, 0.1) is 26.2 Å². The topological polar surface area (TPSA) is 40.5 Å². The van der Waals surface area contributed by atoms with Gasteiger partial charge in [-0.15, -0.1) is 0 Å². The molecule has 0 aliphatic rings. The average molecular weight is 317 g/mol. The molecule has 2 atom stereocenters. The molecule has 0 aromatic heterocycles. The highest BCUT2D eigenvalue weighted by Gasteiger charge is 2.28. The average Bonchev–Trinajstić information content (AvgIpc) is 2.48. The standard InChI is InChI=1S/C19H42NO2/c1-5-6-7-8-9-10-11-12-13-14-15-20(4,18(2)3)16-19(22)17-21/h18-19,21-22H,5-17H2,1-4H3/q+1. The molecule has 0 rings (SSSR count). The number of unbranched alkanes of at least 4 members (excludes halogenated alkanes) is 9. The number of rotatable bonds is 15. The number of aliphatic hydroxyl groups is 2. The maximum absolute atomic E-state index is 9.74. The minimum atomic E-state index is -0.587. The molecule has 0 aliphatic carbocycles. The summed E-state index contributed by atoms with van der Waals surface area (Å²) < 4.78 is 0.860. The predicted octanol–water partition coefficient (Wildman–Crippen LogP) is 4.12. The highest BCUT2D eigenvalue weighted by Crippen LogP contribution is 2.16. The molecule has 0 fully saturated rings. The number of aliphatic hydroxyl groups excluding tert-OH is 2. The molecule has 2 N–H and O–H groups in total. The van der Waals surface area contributed by atoms with E-state index in [9.17, 15) is 5.11 Å². The molecule has 134 valence electrons. The van der Waals surface area contributed by atoms with Gasteiger partial charge in [-0.1, -0.05) is 58.3 Å². The second-order valence-electron chi connectivity index (χ2n) is 7.50. The first-order valence-electron chi connectivity index (χ1n) is 9.59. The van der Waals surface area contributed by atoms with E-state index in [1.807, 2.05) is 0 Å². The van der Waals surface area contributed by atoms with Crippen LogP contribution in [0.2, 0.25) is 0 Å². The first-order chi connectivity index (χ1) is 10.5. The van der Waals surface area contributed by atoms with E-state index in [-0.39, 0.29) is 6.61 Å². The van der Waals surface area contributed by atoms with Crippen molar-refractivity contribution in [2.75, 3.05) is 26.7 Å². The van der Waals surface area contributed by atoms with Gasteiger partial charge < -0.3 is 14.7 Å². The lowest BCUT2D eigenvalue weighted by molar-refractivity contribution is -0.932. The normalized spacial score (nSPS) is 16.0. The third kappa shape index (κ3) is 10.6. The van der Waals surface area contributed by atoms with Gasteiger partial charge in [0.1, 0.15) is 12.6 Å². The predicted molar refractivity (Wildman–Crippen MR) is 96.0 cm³/mol. The van der Waals surface area contributed by atoms with Crippen molar-refractivity contribution in [3.05, 3.63) is 0 Å². The summed E-state index contributed by atoms with van der Waals surface area (Å²) in [6.45, 7) is 8.32. The second-order valence-corrected chi connectivity index (χ2v) is 7.50. The lowest BCUT2D eigenvalue weighted by Gasteiger charge is -2.40. The third-order valence-corrected chi connectivity index (χ3v) is 5.11. The Hall–Kier alpha value is -0.120. The van der Waals surface area contributed by atoms with Crippen molar-refractivity contribution in [2.24, 2.45) is 0 Å². The Morgan fingerprint density at radius 1 is 0.818 bits per heavy atom. The molecule has 0 saturated heterocycles. The quantitative estimate of drug-likeness (QED) is 0.352. The minimum Gasteiger partial charge on any atom is -0.393 e. The smallest absolute Gasteiger partial charge is 0.126 e. The molecule has 0 heterocycles. The summed E-state index contributed by atoms with van der Waals surface area (Å²) in [4.78, 5) is 0. The monoisotopic (exact) mass is 316 g/mol. The Kier molecular flexibility index (Phi) is 13.3. The lowest BCUT2D eigenvalue weighted by Crippen LogP contribution is -2.54. The minimum absolute atomic E-state index is 0.126. The largest absolute Gasteiger partial charge is 0.393 e. The van der Waals surface area contributed by atoms with Gasteiger partial charge in [-0.2, -0.15) is 0 Å². The molecule has 2 unspecified atom stereocenters. The number of likely N-dealkylation sites (N-methyl/N-ethyl adjacent to an activating group) is 1. The van der Waals surface area contributed by atoms with Crippen LogP contribution in [0.4, 0.5) is 0 Å². The van der Waals surface area contributed by atoms with Gasteiger partial charge in [-0.25, -0.2) is 0 Å². The summed E-state index contributed by atoms with van der Waals surface area (Å²) in [7, 11) is 2.21. The zero-order chi connectivity index (χ0) is 16.8. The van der Waals surface area contributed by atoms with Crippen molar-refractivity contribution in [1.29, 1.82) is 0 Å². The number of hydrogen-bond donors (Lipinski definition) is 2. The van der Waals surface area contributed by atoms with Crippen molar-refractivity contribution in [3.63, 3.8) is 0 Å². The van der Waals surface area contributed by atoms with E-state index in [4.69, 9.17) is 5.11 Å². The molecular formula is C19H42NO2+. The molecule has 0 aromatic carbocycles. The van der Waals surface area contributed by atoms with Gasteiger partial charge in [-0.3, -0.25) is 0 Å². The molecular weight excluding hydrogens is 274 g/mol. The molecule has 0 aliphatic heterocycles. The van der Waals surface area contributed by atoms with Gasteiger partial charge in [0.2, 0.25) is 0 Å². The Balaban J connectivity index is 3.69. The summed E-state index contributed by atoms with van der Waals surface area (Å²) in [5, 5.41) is 18.8.